The Morgan fingerprint density at radius 2 is 1.71 bits per heavy atom. The van der Waals surface area contributed by atoms with E-state index in [4.69, 9.17) is 17.3 Å². The van der Waals surface area contributed by atoms with E-state index in [1.165, 1.54) is 0 Å². The van der Waals surface area contributed by atoms with Gasteiger partial charge in [0.1, 0.15) is 0 Å². The minimum absolute atomic E-state index is 0.125. The lowest BCUT2D eigenvalue weighted by Gasteiger charge is -2.26. The number of hydrogen-bond acceptors (Lipinski definition) is 2. The van der Waals surface area contributed by atoms with E-state index in [1.54, 1.807) is 0 Å². The zero-order valence-electron chi connectivity index (χ0n) is 12.5. The van der Waals surface area contributed by atoms with Gasteiger partial charge in [0.15, 0.2) is 0 Å². The van der Waals surface area contributed by atoms with Gasteiger partial charge in [-0.3, -0.25) is 0 Å². The van der Waals surface area contributed by atoms with E-state index in [2.05, 4.69) is 6.92 Å². The van der Waals surface area contributed by atoms with Crippen LogP contribution in [0.3, 0.4) is 0 Å². The Morgan fingerprint density at radius 1 is 1.10 bits per heavy atom. The van der Waals surface area contributed by atoms with Gasteiger partial charge >= 0.3 is 0 Å². The van der Waals surface area contributed by atoms with E-state index in [1.807, 2.05) is 55.5 Å². The van der Waals surface area contributed by atoms with Crippen LogP contribution in [0.5, 0.6) is 0 Å². The van der Waals surface area contributed by atoms with E-state index < -0.39 is 6.10 Å². The number of benzene rings is 2. The molecule has 3 N–H and O–H groups in total. The summed E-state index contributed by atoms with van der Waals surface area (Å²) >= 11 is 6.19. The minimum atomic E-state index is -0.663. The summed E-state index contributed by atoms with van der Waals surface area (Å²) in [5.41, 5.74) is 9.29. The summed E-state index contributed by atoms with van der Waals surface area (Å²) in [7, 11) is 0. The lowest BCUT2D eigenvalue weighted by atomic mass is 9.87. The van der Waals surface area contributed by atoms with Gasteiger partial charge in [0, 0.05) is 11.1 Å². The predicted molar refractivity (Wildman–Crippen MR) is 88.4 cm³/mol. The second-order valence-corrected chi connectivity index (χ2v) is 6.06. The maximum absolute atomic E-state index is 10.5. The fourth-order valence-corrected chi connectivity index (χ4v) is 2.80. The monoisotopic (exact) mass is 303 g/mol. The molecule has 0 saturated carbocycles. The van der Waals surface area contributed by atoms with Gasteiger partial charge in [-0.2, -0.15) is 0 Å². The fraction of sp³-hybridized carbons (Fsp3) is 0.333. The first-order valence-corrected chi connectivity index (χ1v) is 7.61. The summed E-state index contributed by atoms with van der Waals surface area (Å²) < 4.78 is 0. The molecule has 2 rings (SSSR count). The van der Waals surface area contributed by atoms with Crippen molar-refractivity contribution in [3.05, 3.63) is 70.2 Å². The van der Waals surface area contributed by atoms with Gasteiger partial charge < -0.3 is 10.8 Å². The lowest BCUT2D eigenvalue weighted by molar-refractivity contribution is 0.121. The van der Waals surface area contributed by atoms with E-state index in [9.17, 15) is 5.11 Å². The zero-order valence-corrected chi connectivity index (χ0v) is 13.2. The van der Waals surface area contributed by atoms with Crippen LogP contribution >= 0.6 is 11.6 Å². The van der Waals surface area contributed by atoms with Crippen LogP contribution in [-0.4, -0.2) is 11.1 Å². The highest BCUT2D eigenvalue weighted by atomic mass is 35.5. The molecule has 0 aromatic heterocycles. The first-order chi connectivity index (χ1) is 10.0. The van der Waals surface area contributed by atoms with Gasteiger partial charge in [0.25, 0.3) is 0 Å². The molecule has 112 valence electrons. The van der Waals surface area contributed by atoms with Crippen molar-refractivity contribution in [1.82, 2.24) is 0 Å². The third-order valence-electron chi connectivity index (χ3n) is 4.03. The standard InChI is InChI=1S/C18H22ClNO/c1-12-7-3-5-9-15(12)18(21)17(20)13(2)11-14-8-4-6-10-16(14)19/h3-10,13,17-18,21H,11,20H2,1-2H3/t13?,17-,18-/m1/s1. The van der Waals surface area contributed by atoms with Crippen LogP contribution in [-0.2, 0) is 6.42 Å². The number of hydrogen-bond donors (Lipinski definition) is 2. The number of nitrogens with two attached hydrogens (primary N) is 1. The second-order valence-electron chi connectivity index (χ2n) is 5.65. The molecule has 0 fully saturated rings. The molecule has 0 bridgehead atoms. The quantitative estimate of drug-likeness (QED) is 0.880. The summed E-state index contributed by atoms with van der Waals surface area (Å²) in [6.45, 7) is 4.04. The Kier molecular flexibility index (Phi) is 5.40. The van der Waals surface area contributed by atoms with Crippen LogP contribution in [0.1, 0.15) is 29.7 Å². The predicted octanol–water partition coefficient (Wildman–Crippen LogP) is 3.89. The van der Waals surface area contributed by atoms with Crippen molar-refractivity contribution in [2.24, 2.45) is 11.7 Å². The molecule has 21 heavy (non-hydrogen) atoms. The van der Waals surface area contributed by atoms with E-state index >= 15 is 0 Å². The van der Waals surface area contributed by atoms with Gasteiger partial charge in [-0.15, -0.1) is 0 Å². The molecule has 2 nitrogen and oxygen atoms in total. The highest BCUT2D eigenvalue weighted by Crippen LogP contribution is 2.26. The molecule has 3 heteroatoms. The third-order valence-corrected chi connectivity index (χ3v) is 4.40. The number of aliphatic hydroxyl groups is 1. The smallest absolute Gasteiger partial charge is 0.0946 e. The van der Waals surface area contributed by atoms with Crippen molar-refractivity contribution >= 4 is 11.6 Å². The Balaban J connectivity index is 2.10. The van der Waals surface area contributed by atoms with Gasteiger partial charge in [0.05, 0.1) is 6.10 Å². The maximum Gasteiger partial charge on any atom is 0.0946 e. The SMILES string of the molecule is Cc1ccccc1[C@@H](O)[C@H](N)C(C)Cc1ccccc1Cl. The lowest BCUT2D eigenvalue weighted by Crippen LogP contribution is -2.36. The fourth-order valence-electron chi connectivity index (χ4n) is 2.58. The van der Waals surface area contributed by atoms with Crippen molar-refractivity contribution in [2.75, 3.05) is 0 Å². The van der Waals surface area contributed by atoms with Crippen LogP contribution < -0.4 is 5.73 Å². The van der Waals surface area contributed by atoms with E-state index in [0.717, 1.165) is 28.1 Å². The van der Waals surface area contributed by atoms with E-state index in [0.29, 0.717) is 0 Å². The highest BCUT2D eigenvalue weighted by Gasteiger charge is 2.24. The molecule has 0 amide bonds. The molecule has 3 atom stereocenters. The van der Waals surface area contributed by atoms with Crippen molar-refractivity contribution in [3.63, 3.8) is 0 Å². The molecule has 0 aliphatic heterocycles. The molecular formula is C18H22ClNO. The zero-order chi connectivity index (χ0) is 15.4. The van der Waals surface area contributed by atoms with Crippen LogP contribution in [0, 0.1) is 12.8 Å². The van der Waals surface area contributed by atoms with Gasteiger partial charge in [-0.05, 0) is 42.0 Å². The number of halogens is 1. The Bertz CT molecular complexity index is 599. The average molecular weight is 304 g/mol. The van der Waals surface area contributed by atoms with Crippen LogP contribution in [0.2, 0.25) is 5.02 Å². The highest BCUT2D eigenvalue weighted by molar-refractivity contribution is 6.31. The molecule has 0 radical (unpaired) electrons. The first-order valence-electron chi connectivity index (χ1n) is 7.23. The molecule has 2 aromatic rings. The largest absolute Gasteiger partial charge is 0.387 e. The third kappa shape index (κ3) is 3.85. The summed E-state index contributed by atoms with van der Waals surface area (Å²) in [6.07, 6.45) is 0.0905. The summed E-state index contributed by atoms with van der Waals surface area (Å²) in [5.74, 6) is 0.125. The van der Waals surface area contributed by atoms with Crippen molar-refractivity contribution in [1.29, 1.82) is 0 Å². The second kappa shape index (κ2) is 7.08. The summed E-state index contributed by atoms with van der Waals surface area (Å²) in [6, 6.07) is 15.3. The number of aryl methyl sites for hydroxylation is 1. The molecule has 0 heterocycles. The minimum Gasteiger partial charge on any atom is -0.387 e. The van der Waals surface area contributed by atoms with Crippen molar-refractivity contribution in [2.45, 2.75) is 32.4 Å². The Morgan fingerprint density at radius 3 is 2.38 bits per heavy atom. The Hall–Kier alpha value is -1.35. The molecule has 2 aromatic carbocycles. The van der Waals surface area contributed by atoms with Gasteiger partial charge in [0.2, 0.25) is 0 Å². The van der Waals surface area contributed by atoms with Gasteiger partial charge in [-0.25, -0.2) is 0 Å². The maximum atomic E-state index is 10.5. The number of rotatable bonds is 5. The molecule has 0 aliphatic rings. The van der Waals surface area contributed by atoms with Crippen LogP contribution in [0.15, 0.2) is 48.5 Å². The summed E-state index contributed by atoms with van der Waals surface area (Å²) in [5, 5.41) is 11.3. The topological polar surface area (TPSA) is 46.2 Å². The molecule has 0 aliphatic carbocycles. The molecule has 1 unspecified atom stereocenters. The molecule has 0 spiro atoms. The summed E-state index contributed by atoms with van der Waals surface area (Å²) in [4.78, 5) is 0. The van der Waals surface area contributed by atoms with Gasteiger partial charge in [-0.1, -0.05) is 61.0 Å². The van der Waals surface area contributed by atoms with Crippen LogP contribution in [0.4, 0.5) is 0 Å². The molecular weight excluding hydrogens is 282 g/mol. The average Bonchev–Trinajstić information content (AvgIpc) is 2.48. The normalized spacial score (nSPS) is 15.5. The molecule has 0 saturated heterocycles. The van der Waals surface area contributed by atoms with E-state index in [-0.39, 0.29) is 12.0 Å². The van der Waals surface area contributed by atoms with Crippen molar-refractivity contribution in [3.8, 4) is 0 Å². The van der Waals surface area contributed by atoms with Crippen molar-refractivity contribution < 1.29 is 5.11 Å². The first kappa shape index (κ1) is 16.0. The Labute approximate surface area is 131 Å². The van der Waals surface area contributed by atoms with Crippen LogP contribution in [0.25, 0.3) is 0 Å². The number of aliphatic hydroxyl groups excluding tert-OH is 1.